The van der Waals surface area contributed by atoms with Gasteiger partial charge in [0.15, 0.2) is 0 Å². The fraction of sp³-hybridized carbons (Fsp3) is 0.600. The lowest BCUT2D eigenvalue weighted by molar-refractivity contribution is 0.0227. The zero-order chi connectivity index (χ0) is 18.7. The number of fused-ring (bicyclic) bond motifs is 2. The van der Waals surface area contributed by atoms with Crippen LogP contribution in [0.3, 0.4) is 0 Å². The van der Waals surface area contributed by atoms with Crippen LogP contribution < -0.4 is 0 Å². The molecule has 2 amide bonds. The first-order valence-electron chi connectivity index (χ1n) is 9.30. The van der Waals surface area contributed by atoms with Gasteiger partial charge in [-0.3, -0.25) is 0 Å². The Labute approximate surface area is 155 Å². The van der Waals surface area contributed by atoms with Crippen LogP contribution in [0.1, 0.15) is 45.6 Å². The van der Waals surface area contributed by atoms with Gasteiger partial charge in [0.1, 0.15) is 12.2 Å². The summed E-state index contributed by atoms with van der Waals surface area (Å²) in [7, 11) is 0. The first kappa shape index (κ1) is 18.5. The molecule has 3 rings (SSSR count). The summed E-state index contributed by atoms with van der Waals surface area (Å²) < 4.78 is 11.0. The van der Waals surface area contributed by atoms with Crippen molar-refractivity contribution in [2.75, 3.05) is 13.1 Å². The van der Waals surface area contributed by atoms with E-state index in [-0.39, 0.29) is 30.9 Å². The zero-order valence-electron chi connectivity index (χ0n) is 15.8. The highest BCUT2D eigenvalue weighted by Crippen LogP contribution is 2.31. The molecule has 0 radical (unpaired) electrons. The van der Waals surface area contributed by atoms with Gasteiger partial charge in [0.25, 0.3) is 0 Å². The van der Waals surface area contributed by atoms with Gasteiger partial charge in [-0.15, -0.1) is 0 Å². The summed E-state index contributed by atoms with van der Waals surface area (Å²) in [5, 5.41) is 0. The molecule has 0 saturated carbocycles. The Hall–Kier alpha value is -2.24. The van der Waals surface area contributed by atoms with Crippen LogP contribution in [0.4, 0.5) is 9.59 Å². The lowest BCUT2D eigenvalue weighted by Gasteiger charge is -2.29. The van der Waals surface area contributed by atoms with E-state index in [0.29, 0.717) is 13.1 Å². The van der Waals surface area contributed by atoms with Crippen LogP contribution >= 0.6 is 0 Å². The minimum absolute atomic E-state index is 0.00158. The minimum atomic E-state index is -0.517. The number of carbonyl (C=O) groups excluding carboxylic acids is 2. The lowest BCUT2D eigenvalue weighted by Crippen LogP contribution is -2.45. The van der Waals surface area contributed by atoms with Gasteiger partial charge in [-0.2, -0.15) is 0 Å². The van der Waals surface area contributed by atoms with Gasteiger partial charge in [0.05, 0.1) is 6.04 Å². The number of hydrogen-bond acceptors (Lipinski definition) is 4. The molecule has 2 aliphatic rings. The molecule has 2 saturated heterocycles. The molecule has 0 N–H and O–H groups in total. The molecule has 142 valence electrons. The SMILES string of the molecule is CC(C)(C)OC(=O)N1CCC2CCC(C1)N2C(=O)OCc1ccccc1. The normalized spacial score (nSPS) is 22.7. The zero-order valence-corrected chi connectivity index (χ0v) is 15.8. The first-order valence-corrected chi connectivity index (χ1v) is 9.30. The van der Waals surface area contributed by atoms with Crippen molar-refractivity contribution in [3.8, 4) is 0 Å². The third kappa shape index (κ3) is 4.48. The number of likely N-dealkylation sites (tertiary alicyclic amines) is 1. The van der Waals surface area contributed by atoms with E-state index in [1.165, 1.54) is 0 Å². The highest BCUT2D eigenvalue weighted by atomic mass is 16.6. The number of benzene rings is 1. The highest BCUT2D eigenvalue weighted by molar-refractivity contribution is 5.71. The maximum atomic E-state index is 12.7. The molecule has 2 atom stereocenters. The van der Waals surface area contributed by atoms with Crippen molar-refractivity contribution in [1.29, 1.82) is 0 Å². The number of amides is 2. The first-order chi connectivity index (χ1) is 12.3. The second kappa shape index (κ2) is 7.56. The maximum absolute atomic E-state index is 12.7. The average molecular weight is 360 g/mol. The van der Waals surface area contributed by atoms with Crippen molar-refractivity contribution in [3.63, 3.8) is 0 Å². The Kier molecular flexibility index (Phi) is 5.39. The van der Waals surface area contributed by atoms with Gasteiger partial charge < -0.3 is 19.3 Å². The van der Waals surface area contributed by atoms with Crippen LogP contribution in [0.25, 0.3) is 0 Å². The van der Waals surface area contributed by atoms with E-state index in [1.807, 2.05) is 56.0 Å². The van der Waals surface area contributed by atoms with Crippen molar-refractivity contribution < 1.29 is 19.1 Å². The topological polar surface area (TPSA) is 59.1 Å². The van der Waals surface area contributed by atoms with Crippen LogP contribution in [-0.2, 0) is 16.1 Å². The van der Waals surface area contributed by atoms with Crippen molar-refractivity contribution >= 4 is 12.2 Å². The Balaban J connectivity index is 1.61. The summed E-state index contributed by atoms with van der Waals surface area (Å²) in [6.07, 6.45) is 2.03. The molecule has 1 aromatic rings. The van der Waals surface area contributed by atoms with Crippen molar-refractivity contribution in [2.24, 2.45) is 0 Å². The predicted molar refractivity (Wildman–Crippen MR) is 97.7 cm³/mol. The Morgan fingerprint density at radius 1 is 1.04 bits per heavy atom. The predicted octanol–water partition coefficient (Wildman–Crippen LogP) is 3.80. The minimum Gasteiger partial charge on any atom is -0.445 e. The molecule has 0 spiro atoms. The van der Waals surface area contributed by atoms with Crippen LogP contribution in [-0.4, -0.2) is 52.8 Å². The van der Waals surface area contributed by atoms with Crippen molar-refractivity contribution in [2.45, 2.75) is 64.3 Å². The fourth-order valence-corrected chi connectivity index (χ4v) is 3.66. The summed E-state index contributed by atoms with van der Waals surface area (Å²) >= 11 is 0. The maximum Gasteiger partial charge on any atom is 0.410 e. The molecule has 2 unspecified atom stereocenters. The number of carbonyl (C=O) groups is 2. The van der Waals surface area contributed by atoms with Crippen molar-refractivity contribution in [3.05, 3.63) is 35.9 Å². The third-order valence-electron chi connectivity index (χ3n) is 4.85. The van der Waals surface area contributed by atoms with E-state index >= 15 is 0 Å². The molecule has 0 aromatic heterocycles. The van der Waals surface area contributed by atoms with Gasteiger partial charge in [-0.1, -0.05) is 30.3 Å². The summed E-state index contributed by atoms with van der Waals surface area (Å²) in [5.41, 5.74) is 0.454. The summed E-state index contributed by atoms with van der Waals surface area (Å²) in [6, 6.07) is 9.80. The molecular weight excluding hydrogens is 332 g/mol. The van der Waals surface area contributed by atoms with E-state index in [4.69, 9.17) is 9.47 Å². The average Bonchev–Trinajstić information content (AvgIpc) is 2.86. The van der Waals surface area contributed by atoms with E-state index in [0.717, 1.165) is 24.8 Å². The largest absolute Gasteiger partial charge is 0.445 e. The molecule has 0 aliphatic carbocycles. The molecular formula is C20H28N2O4. The van der Waals surface area contributed by atoms with Crippen LogP contribution in [0.5, 0.6) is 0 Å². The molecule has 26 heavy (non-hydrogen) atoms. The summed E-state index contributed by atoms with van der Waals surface area (Å²) in [4.78, 5) is 28.6. The smallest absolute Gasteiger partial charge is 0.410 e. The standard InChI is InChI=1S/C20H28N2O4/c1-20(2,3)26-18(23)21-12-11-16-9-10-17(13-21)22(16)19(24)25-14-15-7-5-4-6-8-15/h4-8,16-17H,9-14H2,1-3H3. The van der Waals surface area contributed by atoms with Gasteiger partial charge in [-0.05, 0) is 45.6 Å². The van der Waals surface area contributed by atoms with Gasteiger partial charge >= 0.3 is 12.2 Å². The second-order valence-corrected chi connectivity index (χ2v) is 8.05. The Morgan fingerprint density at radius 2 is 1.73 bits per heavy atom. The van der Waals surface area contributed by atoms with Gasteiger partial charge in [0.2, 0.25) is 0 Å². The third-order valence-corrected chi connectivity index (χ3v) is 4.85. The lowest BCUT2D eigenvalue weighted by atomic mass is 10.1. The fourth-order valence-electron chi connectivity index (χ4n) is 3.66. The molecule has 2 bridgehead atoms. The quantitative estimate of drug-likeness (QED) is 0.805. The molecule has 2 heterocycles. The van der Waals surface area contributed by atoms with Crippen LogP contribution in [0, 0.1) is 0 Å². The molecule has 6 nitrogen and oxygen atoms in total. The molecule has 2 aliphatic heterocycles. The van der Waals surface area contributed by atoms with E-state index in [1.54, 1.807) is 4.90 Å². The van der Waals surface area contributed by atoms with Crippen molar-refractivity contribution in [1.82, 2.24) is 9.80 Å². The van der Waals surface area contributed by atoms with E-state index in [2.05, 4.69) is 0 Å². The summed E-state index contributed by atoms with van der Waals surface area (Å²) in [5.74, 6) is 0. The Morgan fingerprint density at radius 3 is 2.42 bits per heavy atom. The van der Waals surface area contributed by atoms with E-state index in [9.17, 15) is 9.59 Å². The van der Waals surface area contributed by atoms with Crippen LogP contribution in [0.15, 0.2) is 30.3 Å². The second-order valence-electron chi connectivity index (χ2n) is 8.05. The van der Waals surface area contributed by atoms with Gasteiger partial charge in [-0.25, -0.2) is 9.59 Å². The molecule has 2 fully saturated rings. The summed E-state index contributed by atoms with van der Waals surface area (Å²) in [6.45, 7) is 6.97. The van der Waals surface area contributed by atoms with Gasteiger partial charge in [0, 0.05) is 19.1 Å². The number of ether oxygens (including phenoxy) is 2. The number of hydrogen-bond donors (Lipinski definition) is 0. The van der Waals surface area contributed by atoms with Crippen LogP contribution in [0.2, 0.25) is 0 Å². The number of nitrogens with zero attached hydrogens (tertiary/aromatic N) is 2. The number of rotatable bonds is 2. The highest BCUT2D eigenvalue weighted by Gasteiger charge is 2.42. The Bertz CT molecular complexity index is 641. The monoisotopic (exact) mass is 360 g/mol. The molecule has 1 aromatic carbocycles. The molecule has 6 heteroatoms. The van der Waals surface area contributed by atoms with E-state index < -0.39 is 5.60 Å².